The molecule has 0 aliphatic rings. The van der Waals surface area contributed by atoms with Gasteiger partial charge >= 0.3 is 5.97 Å². The number of rotatable bonds is 4. The van der Waals surface area contributed by atoms with Crippen LogP contribution in [-0.2, 0) is 11.2 Å². The van der Waals surface area contributed by atoms with Crippen molar-refractivity contribution in [3.63, 3.8) is 0 Å². The van der Waals surface area contributed by atoms with E-state index in [-0.39, 0.29) is 5.97 Å². The number of hydrogen-bond acceptors (Lipinski definition) is 2. The lowest BCUT2D eigenvalue weighted by Gasteiger charge is -2.01. The number of esters is 1. The second kappa shape index (κ2) is 5.22. The molecule has 0 saturated carbocycles. The highest BCUT2D eigenvalue weighted by molar-refractivity contribution is 5.89. The van der Waals surface area contributed by atoms with Crippen LogP contribution in [-0.4, -0.2) is 13.1 Å². The van der Waals surface area contributed by atoms with E-state index >= 15 is 0 Å². The van der Waals surface area contributed by atoms with Crippen LogP contribution >= 0.6 is 0 Å². The van der Waals surface area contributed by atoms with E-state index < -0.39 is 0 Å². The van der Waals surface area contributed by atoms with Crippen LogP contribution in [0.4, 0.5) is 0 Å². The van der Waals surface area contributed by atoms with Gasteiger partial charge in [0.1, 0.15) is 0 Å². The first-order chi connectivity index (χ1) is 6.77. The fourth-order valence-corrected chi connectivity index (χ4v) is 1.19. The van der Waals surface area contributed by atoms with Gasteiger partial charge in [-0.1, -0.05) is 18.2 Å². The van der Waals surface area contributed by atoms with Crippen molar-refractivity contribution in [2.24, 2.45) is 0 Å². The molecule has 0 spiro atoms. The van der Waals surface area contributed by atoms with Crippen LogP contribution in [0.2, 0.25) is 0 Å². The lowest BCUT2D eigenvalue weighted by Crippen LogP contribution is -2.00. The van der Waals surface area contributed by atoms with E-state index in [4.69, 9.17) is 0 Å². The zero-order valence-electron chi connectivity index (χ0n) is 8.32. The molecule has 1 aromatic rings. The van der Waals surface area contributed by atoms with Crippen molar-refractivity contribution in [1.29, 1.82) is 0 Å². The summed E-state index contributed by atoms with van der Waals surface area (Å²) < 4.78 is 4.60. The highest BCUT2D eigenvalue weighted by Gasteiger charge is 2.03. The van der Waals surface area contributed by atoms with Gasteiger partial charge in [-0.3, -0.25) is 0 Å². The predicted molar refractivity (Wildman–Crippen MR) is 56.3 cm³/mol. The zero-order chi connectivity index (χ0) is 10.4. The summed E-state index contributed by atoms with van der Waals surface area (Å²) in [7, 11) is 1.38. The Morgan fingerprint density at radius 3 is 2.57 bits per heavy atom. The molecule has 1 rings (SSSR count). The summed E-state index contributed by atoms with van der Waals surface area (Å²) >= 11 is 0. The molecule has 0 amide bonds. The summed E-state index contributed by atoms with van der Waals surface area (Å²) in [4.78, 5) is 11.1. The minimum Gasteiger partial charge on any atom is -0.465 e. The van der Waals surface area contributed by atoms with Crippen molar-refractivity contribution < 1.29 is 9.53 Å². The minimum atomic E-state index is -0.291. The molecule has 0 unspecified atom stereocenters. The Bertz CT molecular complexity index is 312. The second-order valence-corrected chi connectivity index (χ2v) is 3.02. The van der Waals surface area contributed by atoms with Crippen molar-refractivity contribution in [1.82, 2.24) is 0 Å². The van der Waals surface area contributed by atoms with Crippen LogP contribution in [0.5, 0.6) is 0 Å². The first kappa shape index (κ1) is 10.5. The third kappa shape index (κ3) is 2.73. The average Bonchev–Trinajstić information content (AvgIpc) is 2.26. The Balaban J connectivity index is 2.68. The fraction of sp³-hybridized carbons (Fsp3) is 0.250. The van der Waals surface area contributed by atoms with Gasteiger partial charge in [-0.2, -0.15) is 0 Å². The van der Waals surface area contributed by atoms with Crippen LogP contribution in [0.25, 0.3) is 0 Å². The van der Waals surface area contributed by atoms with E-state index in [2.05, 4.69) is 11.3 Å². The molecule has 0 heterocycles. The third-order valence-electron chi connectivity index (χ3n) is 2.01. The van der Waals surface area contributed by atoms with E-state index in [1.807, 2.05) is 18.2 Å². The number of allylic oxidation sites excluding steroid dienone is 1. The highest BCUT2D eigenvalue weighted by atomic mass is 16.5. The fourth-order valence-electron chi connectivity index (χ4n) is 1.19. The lowest BCUT2D eigenvalue weighted by atomic mass is 10.1. The van der Waals surface area contributed by atoms with Crippen LogP contribution in [0.1, 0.15) is 22.3 Å². The van der Waals surface area contributed by atoms with E-state index in [1.54, 1.807) is 12.1 Å². The summed E-state index contributed by atoms with van der Waals surface area (Å²) in [6.07, 6.45) is 3.80. The standard InChI is InChI=1S/C12H14O2/c1-3-4-5-10-6-8-11(9-7-10)12(13)14-2/h3,6-9H,1,4-5H2,2H3. The molecule has 1 aromatic carbocycles. The third-order valence-corrected chi connectivity index (χ3v) is 2.01. The van der Waals surface area contributed by atoms with Crippen molar-refractivity contribution in [2.75, 3.05) is 7.11 Å². The monoisotopic (exact) mass is 190 g/mol. The Hall–Kier alpha value is -1.57. The molecule has 74 valence electrons. The number of methoxy groups -OCH3 is 1. The van der Waals surface area contributed by atoms with Gasteiger partial charge in [-0.25, -0.2) is 4.79 Å². The van der Waals surface area contributed by atoms with Gasteiger partial charge in [0, 0.05) is 0 Å². The van der Waals surface area contributed by atoms with Gasteiger partial charge in [0.25, 0.3) is 0 Å². The summed E-state index contributed by atoms with van der Waals surface area (Å²) in [5, 5.41) is 0. The molecule has 0 bridgehead atoms. The molecule has 0 N–H and O–H groups in total. The number of aryl methyl sites for hydroxylation is 1. The number of carbonyl (C=O) groups is 1. The maximum atomic E-state index is 11.1. The molecule has 0 aromatic heterocycles. The highest BCUT2D eigenvalue weighted by Crippen LogP contribution is 2.07. The first-order valence-corrected chi connectivity index (χ1v) is 4.56. The van der Waals surface area contributed by atoms with Gasteiger partial charge in [0.15, 0.2) is 0 Å². The van der Waals surface area contributed by atoms with Gasteiger partial charge < -0.3 is 4.74 Å². The second-order valence-electron chi connectivity index (χ2n) is 3.02. The Morgan fingerprint density at radius 2 is 2.07 bits per heavy atom. The normalized spacial score (nSPS) is 9.50. The smallest absolute Gasteiger partial charge is 0.337 e. The van der Waals surface area contributed by atoms with Crippen LogP contribution < -0.4 is 0 Å². The minimum absolute atomic E-state index is 0.291. The first-order valence-electron chi connectivity index (χ1n) is 4.56. The maximum Gasteiger partial charge on any atom is 0.337 e. The molecule has 0 fully saturated rings. The van der Waals surface area contributed by atoms with Crippen molar-refractivity contribution in [3.8, 4) is 0 Å². The molecule has 14 heavy (non-hydrogen) atoms. The summed E-state index contributed by atoms with van der Waals surface area (Å²) in [5.41, 5.74) is 1.80. The number of ether oxygens (including phenoxy) is 1. The van der Waals surface area contributed by atoms with E-state index in [9.17, 15) is 4.79 Å². The van der Waals surface area contributed by atoms with Crippen LogP contribution in [0.15, 0.2) is 36.9 Å². The summed E-state index contributed by atoms with van der Waals surface area (Å²) in [6.45, 7) is 3.66. The number of carbonyl (C=O) groups excluding carboxylic acids is 1. The molecular weight excluding hydrogens is 176 g/mol. The molecule has 2 heteroatoms. The Morgan fingerprint density at radius 1 is 1.43 bits per heavy atom. The SMILES string of the molecule is C=CCCc1ccc(C(=O)OC)cc1. The topological polar surface area (TPSA) is 26.3 Å². The largest absolute Gasteiger partial charge is 0.465 e. The number of hydrogen-bond donors (Lipinski definition) is 0. The molecule has 0 atom stereocenters. The van der Waals surface area contributed by atoms with Crippen LogP contribution in [0, 0.1) is 0 Å². The number of benzene rings is 1. The maximum absolute atomic E-state index is 11.1. The van der Waals surface area contributed by atoms with Crippen molar-refractivity contribution in [3.05, 3.63) is 48.0 Å². The van der Waals surface area contributed by atoms with Crippen molar-refractivity contribution >= 4 is 5.97 Å². The summed E-state index contributed by atoms with van der Waals surface area (Å²) in [5.74, 6) is -0.291. The predicted octanol–water partition coefficient (Wildman–Crippen LogP) is 2.59. The Kier molecular flexibility index (Phi) is 3.92. The Labute approximate surface area is 84.2 Å². The molecule has 0 saturated heterocycles. The van der Waals surface area contributed by atoms with E-state index in [0.717, 1.165) is 12.8 Å². The van der Waals surface area contributed by atoms with Gasteiger partial charge in [0.2, 0.25) is 0 Å². The lowest BCUT2D eigenvalue weighted by molar-refractivity contribution is 0.0600. The molecule has 0 aliphatic carbocycles. The molecular formula is C12H14O2. The quantitative estimate of drug-likeness (QED) is 0.539. The van der Waals surface area contributed by atoms with Crippen molar-refractivity contribution in [2.45, 2.75) is 12.8 Å². The average molecular weight is 190 g/mol. The van der Waals surface area contributed by atoms with Gasteiger partial charge in [-0.15, -0.1) is 6.58 Å². The molecule has 0 radical (unpaired) electrons. The zero-order valence-corrected chi connectivity index (χ0v) is 8.32. The van der Waals surface area contributed by atoms with Crippen LogP contribution in [0.3, 0.4) is 0 Å². The van der Waals surface area contributed by atoms with Gasteiger partial charge in [0.05, 0.1) is 12.7 Å². The summed E-state index contributed by atoms with van der Waals surface area (Å²) in [6, 6.07) is 7.44. The molecule has 0 aliphatic heterocycles. The van der Waals surface area contributed by atoms with Gasteiger partial charge in [-0.05, 0) is 30.5 Å². The molecule has 2 nitrogen and oxygen atoms in total. The van der Waals surface area contributed by atoms with E-state index in [1.165, 1.54) is 12.7 Å². The van der Waals surface area contributed by atoms with E-state index in [0.29, 0.717) is 5.56 Å².